The number of ether oxygens (including phenoxy) is 1. The molecule has 0 aliphatic carbocycles. The van der Waals surface area contributed by atoms with Crippen LogP contribution in [0.25, 0.3) is 0 Å². The molecule has 0 saturated carbocycles. The third-order valence-electron chi connectivity index (χ3n) is 2.27. The first-order chi connectivity index (χ1) is 9.65. The Balaban J connectivity index is 2.00. The fourth-order valence-electron chi connectivity index (χ4n) is 1.38. The average molecular weight is 274 g/mol. The van der Waals surface area contributed by atoms with Crippen LogP contribution < -0.4 is 10.1 Å². The van der Waals surface area contributed by atoms with E-state index in [4.69, 9.17) is 5.11 Å². The van der Waals surface area contributed by atoms with Gasteiger partial charge in [-0.05, 0) is 17.7 Å². The quantitative estimate of drug-likeness (QED) is 0.794. The van der Waals surface area contributed by atoms with E-state index >= 15 is 0 Å². The van der Waals surface area contributed by atoms with Gasteiger partial charge in [0.15, 0.2) is 0 Å². The molecule has 0 aliphatic rings. The zero-order valence-electron chi connectivity index (χ0n) is 10.2. The number of aromatic nitrogens is 3. The van der Waals surface area contributed by atoms with Gasteiger partial charge in [0.1, 0.15) is 12.0 Å². The van der Waals surface area contributed by atoms with Crippen LogP contribution in [0.2, 0.25) is 0 Å². The van der Waals surface area contributed by atoms with Gasteiger partial charge >= 0.3 is 6.16 Å². The lowest BCUT2D eigenvalue weighted by Gasteiger charge is -2.05. The number of nitrogens with one attached hydrogen (secondary N) is 1. The lowest BCUT2D eigenvalue weighted by Crippen LogP contribution is -2.24. The number of rotatable bonds is 4. The molecule has 102 valence electrons. The first-order valence-corrected chi connectivity index (χ1v) is 5.55. The number of pyridine rings is 1. The second kappa shape index (κ2) is 6.23. The maximum Gasteiger partial charge on any atom is 0.512 e. The van der Waals surface area contributed by atoms with E-state index in [9.17, 15) is 9.59 Å². The molecule has 2 heterocycles. The second-order valence-corrected chi connectivity index (χ2v) is 3.65. The Labute approximate surface area is 113 Å². The molecule has 0 unspecified atom stereocenters. The van der Waals surface area contributed by atoms with Crippen LogP contribution in [0.1, 0.15) is 16.1 Å². The molecule has 20 heavy (non-hydrogen) atoms. The minimum atomic E-state index is -1.51. The summed E-state index contributed by atoms with van der Waals surface area (Å²) in [6, 6.07) is 4.68. The molecule has 8 heteroatoms. The van der Waals surface area contributed by atoms with Gasteiger partial charge < -0.3 is 15.2 Å². The van der Waals surface area contributed by atoms with Crippen molar-refractivity contribution in [1.29, 1.82) is 0 Å². The van der Waals surface area contributed by atoms with Gasteiger partial charge in [-0.25, -0.2) is 14.8 Å². The van der Waals surface area contributed by atoms with Gasteiger partial charge in [0.25, 0.3) is 5.91 Å². The van der Waals surface area contributed by atoms with Crippen molar-refractivity contribution >= 4 is 12.1 Å². The zero-order chi connectivity index (χ0) is 14.4. The summed E-state index contributed by atoms with van der Waals surface area (Å²) < 4.78 is 4.35. The molecule has 0 bridgehead atoms. The SMILES string of the molecule is O=C(O)Oc1cc(C(=O)NCc2ccncc2)ncn1. The van der Waals surface area contributed by atoms with Crippen LogP contribution in [0.5, 0.6) is 5.88 Å². The van der Waals surface area contributed by atoms with Crippen LogP contribution in [0.3, 0.4) is 0 Å². The summed E-state index contributed by atoms with van der Waals surface area (Å²) in [6.07, 6.45) is 2.78. The fourth-order valence-corrected chi connectivity index (χ4v) is 1.38. The number of carboxylic acid groups (broad SMARTS) is 1. The summed E-state index contributed by atoms with van der Waals surface area (Å²) in [5.74, 6) is -0.666. The van der Waals surface area contributed by atoms with Crippen molar-refractivity contribution in [2.45, 2.75) is 6.54 Å². The number of hydrogen-bond donors (Lipinski definition) is 2. The number of carbonyl (C=O) groups excluding carboxylic acids is 1. The summed E-state index contributed by atoms with van der Waals surface area (Å²) in [4.78, 5) is 33.4. The van der Waals surface area contributed by atoms with E-state index in [-0.39, 0.29) is 11.6 Å². The Morgan fingerprint density at radius 2 is 2.00 bits per heavy atom. The fraction of sp³-hybridized carbons (Fsp3) is 0.0833. The highest BCUT2D eigenvalue weighted by atomic mass is 16.7. The molecule has 0 spiro atoms. The first-order valence-electron chi connectivity index (χ1n) is 5.55. The van der Waals surface area contributed by atoms with Crippen LogP contribution in [0.15, 0.2) is 36.9 Å². The van der Waals surface area contributed by atoms with E-state index in [2.05, 4.69) is 25.0 Å². The summed E-state index contributed by atoms with van der Waals surface area (Å²) in [7, 11) is 0. The highest BCUT2D eigenvalue weighted by molar-refractivity contribution is 5.92. The minimum absolute atomic E-state index is 0.0188. The molecule has 8 nitrogen and oxygen atoms in total. The van der Waals surface area contributed by atoms with Crippen LogP contribution in [-0.4, -0.2) is 32.1 Å². The molecule has 2 aromatic heterocycles. The average Bonchev–Trinajstić information content (AvgIpc) is 2.45. The van der Waals surface area contributed by atoms with Crippen molar-refractivity contribution in [3.63, 3.8) is 0 Å². The number of hydrogen-bond acceptors (Lipinski definition) is 6. The van der Waals surface area contributed by atoms with Crippen molar-refractivity contribution in [2.75, 3.05) is 0 Å². The van der Waals surface area contributed by atoms with Crippen molar-refractivity contribution in [3.8, 4) is 5.88 Å². The molecular formula is C12H10N4O4. The molecule has 2 rings (SSSR count). The number of nitrogens with zero attached hydrogens (tertiary/aromatic N) is 3. The molecule has 2 aromatic rings. The summed E-state index contributed by atoms with van der Waals surface area (Å²) in [6.45, 7) is 0.306. The van der Waals surface area contributed by atoms with Crippen molar-refractivity contribution in [2.24, 2.45) is 0 Å². The third-order valence-corrected chi connectivity index (χ3v) is 2.27. The molecule has 2 N–H and O–H groups in total. The Hall–Kier alpha value is -3.03. The molecule has 0 atom stereocenters. The largest absolute Gasteiger partial charge is 0.512 e. The predicted molar refractivity (Wildman–Crippen MR) is 66.1 cm³/mol. The summed E-state index contributed by atoms with van der Waals surface area (Å²) in [5, 5.41) is 11.1. The Bertz CT molecular complexity index is 618. The van der Waals surface area contributed by atoms with Gasteiger partial charge in [-0.3, -0.25) is 9.78 Å². The first kappa shape index (κ1) is 13.4. The van der Waals surface area contributed by atoms with Crippen LogP contribution >= 0.6 is 0 Å². The highest BCUT2D eigenvalue weighted by Crippen LogP contribution is 2.07. The minimum Gasteiger partial charge on any atom is -0.449 e. The Morgan fingerprint density at radius 3 is 2.70 bits per heavy atom. The van der Waals surface area contributed by atoms with E-state index in [1.54, 1.807) is 24.5 Å². The van der Waals surface area contributed by atoms with Crippen molar-refractivity contribution < 1.29 is 19.4 Å². The standard InChI is InChI=1S/C12H10N4O4/c17-11(14-6-8-1-3-13-4-2-8)9-5-10(16-7-15-9)20-12(18)19/h1-5,7H,6H2,(H,14,17)(H,18,19). The van der Waals surface area contributed by atoms with Gasteiger partial charge in [0, 0.05) is 25.0 Å². The van der Waals surface area contributed by atoms with E-state index in [1.807, 2.05) is 0 Å². The molecule has 0 fully saturated rings. The molecular weight excluding hydrogens is 264 g/mol. The van der Waals surface area contributed by atoms with E-state index in [0.29, 0.717) is 6.54 Å². The number of amides is 1. The Kier molecular flexibility index (Phi) is 4.17. The normalized spacial score (nSPS) is 9.80. The maximum atomic E-state index is 11.8. The van der Waals surface area contributed by atoms with Crippen molar-refractivity contribution in [1.82, 2.24) is 20.3 Å². The molecule has 0 saturated heterocycles. The van der Waals surface area contributed by atoms with E-state index in [0.717, 1.165) is 18.0 Å². The lowest BCUT2D eigenvalue weighted by atomic mass is 10.2. The zero-order valence-corrected chi connectivity index (χ0v) is 10.2. The topological polar surface area (TPSA) is 114 Å². The van der Waals surface area contributed by atoms with Crippen LogP contribution in [0, 0.1) is 0 Å². The van der Waals surface area contributed by atoms with E-state index in [1.165, 1.54) is 0 Å². The van der Waals surface area contributed by atoms with Gasteiger partial charge in [-0.2, -0.15) is 0 Å². The lowest BCUT2D eigenvalue weighted by molar-refractivity contribution is 0.0944. The van der Waals surface area contributed by atoms with Crippen molar-refractivity contribution in [3.05, 3.63) is 48.2 Å². The molecule has 0 radical (unpaired) electrons. The number of carbonyl (C=O) groups is 2. The van der Waals surface area contributed by atoms with Gasteiger partial charge in [-0.15, -0.1) is 0 Å². The smallest absolute Gasteiger partial charge is 0.449 e. The van der Waals surface area contributed by atoms with Crippen LogP contribution in [0.4, 0.5) is 4.79 Å². The Morgan fingerprint density at radius 1 is 1.25 bits per heavy atom. The molecule has 0 aliphatic heterocycles. The second-order valence-electron chi connectivity index (χ2n) is 3.65. The summed E-state index contributed by atoms with van der Waals surface area (Å²) in [5.41, 5.74) is 0.898. The summed E-state index contributed by atoms with van der Waals surface area (Å²) >= 11 is 0. The third kappa shape index (κ3) is 3.73. The van der Waals surface area contributed by atoms with Gasteiger partial charge in [0.2, 0.25) is 5.88 Å². The highest BCUT2D eigenvalue weighted by Gasteiger charge is 2.10. The molecule has 0 aromatic carbocycles. The molecule has 1 amide bonds. The van der Waals surface area contributed by atoms with E-state index < -0.39 is 12.1 Å². The monoisotopic (exact) mass is 274 g/mol. The maximum absolute atomic E-state index is 11.8. The van der Waals surface area contributed by atoms with Gasteiger partial charge in [-0.1, -0.05) is 0 Å². The predicted octanol–water partition coefficient (Wildman–Crippen LogP) is 0.858. The van der Waals surface area contributed by atoms with Gasteiger partial charge in [0.05, 0.1) is 0 Å². The van der Waals surface area contributed by atoms with Crippen LogP contribution in [-0.2, 0) is 6.54 Å².